The summed E-state index contributed by atoms with van der Waals surface area (Å²) in [5.41, 5.74) is 2.53. The third-order valence-electron chi connectivity index (χ3n) is 6.17. The number of anilines is 2. The normalized spacial score (nSPS) is 13.5. The second kappa shape index (κ2) is 10.9. The van der Waals surface area contributed by atoms with Gasteiger partial charge < -0.3 is 19.7 Å². The van der Waals surface area contributed by atoms with E-state index in [1.807, 2.05) is 53.4 Å². The van der Waals surface area contributed by atoms with Crippen molar-refractivity contribution in [3.05, 3.63) is 82.0 Å². The van der Waals surface area contributed by atoms with Crippen LogP contribution in [0.3, 0.4) is 0 Å². The van der Waals surface area contributed by atoms with Crippen LogP contribution in [0.15, 0.2) is 60.8 Å². The first-order valence-corrected chi connectivity index (χ1v) is 11.5. The van der Waals surface area contributed by atoms with Crippen LogP contribution in [0, 0.1) is 10.1 Å². The summed E-state index contributed by atoms with van der Waals surface area (Å²) in [5, 5.41) is 15.7. The van der Waals surface area contributed by atoms with Crippen LogP contribution < -0.4 is 19.7 Å². The molecule has 3 aromatic rings. The molecule has 8 heteroatoms. The van der Waals surface area contributed by atoms with Crippen molar-refractivity contribution in [2.45, 2.75) is 44.8 Å². The molecule has 0 spiro atoms. The van der Waals surface area contributed by atoms with Gasteiger partial charge in [0.1, 0.15) is 17.2 Å². The molecule has 1 saturated carbocycles. The zero-order chi connectivity index (χ0) is 23.9. The highest BCUT2D eigenvalue weighted by molar-refractivity contribution is 5.74. The molecular weight excluding hydrogens is 432 g/mol. The number of nitrogens with one attached hydrogen (secondary N) is 1. The highest BCUT2D eigenvalue weighted by Gasteiger charge is 2.28. The summed E-state index contributed by atoms with van der Waals surface area (Å²) in [7, 11) is 3.25. The van der Waals surface area contributed by atoms with Crippen molar-refractivity contribution in [1.29, 1.82) is 0 Å². The summed E-state index contributed by atoms with van der Waals surface area (Å²) in [5.74, 6) is 1.87. The fourth-order valence-corrected chi connectivity index (χ4v) is 4.37. The molecule has 34 heavy (non-hydrogen) atoms. The molecule has 0 unspecified atom stereocenters. The van der Waals surface area contributed by atoms with Gasteiger partial charge in [-0.1, -0.05) is 37.1 Å². The van der Waals surface area contributed by atoms with Crippen LogP contribution in [0.5, 0.6) is 11.5 Å². The zero-order valence-electron chi connectivity index (χ0n) is 19.6. The largest absolute Gasteiger partial charge is 0.497 e. The van der Waals surface area contributed by atoms with Crippen molar-refractivity contribution in [3.8, 4) is 11.5 Å². The number of hydrogen-bond donors (Lipinski definition) is 1. The van der Waals surface area contributed by atoms with Gasteiger partial charge in [-0.25, -0.2) is 4.98 Å². The predicted octanol–water partition coefficient (Wildman–Crippen LogP) is 5.57. The van der Waals surface area contributed by atoms with Crippen molar-refractivity contribution in [2.24, 2.45) is 0 Å². The molecule has 8 nitrogen and oxygen atoms in total. The minimum atomic E-state index is -0.325. The predicted molar refractivity (Wildman–Crippen MR) is 133 cm³/mol. The van der Waals surface area contributed by atoms with Gasteiger partial charge in [0.25, 0.3) is 0 Å². The first-order chi connectivity index (χ1) is 16.6. The Morgan fingerprint density at radius 1 is 0.941 bits per heavy atom. The minimum absolute atomic E-state index is 0.0106. The third-order valence-corrected chi connectivity index (χ3v) is 6.17. The van der Waals surface area contributed by atoms with Crippen LogP contribution in [0.25, 0.3) is 0 Å². The first-order valence-electron chi connectivity index (χ1n) is 11.5. The molecule has 1 aromatic heterocycles. The highest BCUT2D eigenvalue weighted by atomic mass is 16.6. The van der Waals surface area contributed by atoms with Crippen LogP contribution in [-0.4, -0.2) is 30.2 Å². The molecule has 1 aliphatic carbocycles. The summed E-state index contributed by atoms with van der Waals surface area (Å²) >= 11 is 0. The second-order valence-electron chi connectivity index (χ2n) is 8.47. The van der Waals surface area contributed by atoms with Gasteiger partial charge in [0, 0.05) is 25.3 Å². The molecule has 1 heterocycles. The van der Waals surface area contributed by atoms with E-state index in [1.54, 1.807) is 26.5 Å². The van der Waals surface area contributed by atoms with E-state index in [-0.39, 0.29) is 16.7 Å². The molecule has 178 valence electrons. The summed E-state index contributed by atoms with van der Waals surface area (Å²) in [6.07, 6.45) is 5.98. The standard InChI is InChI=1S/C26H30N4O4/c1-33-22-11-7-19(8-12-22)17-29(18-20-9-13-23(34-2)14-10-20)26-25(30(31)32)24(15-16-27-26)28-21-5-3-4-6-21/h7-16,21H,3-6,17-18H2,1-2H3,(H,27,28). The van der Waals surface area contributed by atoms with E-state index in [9.17, 15) is 10.1 Å². The van der Waals surface area contributed by atoms with Crippen molar-refractivity contribution < 1.29 is 14.4 Å². The zero-order valence-corrected chi connectivity index (χ0v) is 19.6. The van der Waals surface area contributed by atoms with Gasteiger partial charge in [-0.2, -0.15) is 0 Å². The Morgan fingerprint density at radius 3 is 1.94 bits per heavy atom. The van der Waals surface area contributed by atoms with E-state index < -0.39 is 0 Å². The molecule has 0 atom stereocenters. The fourth-order valence-electron chi connectivity index (χ4n) is 4.37. The quantitative estimate of drug-likeness (QED) is 0.311. The minimum Gasteiger partial charge on any atom is -0.497 e. The maximum atomic E-state index is 12.3. The van der Waals surface area contributed by atoms with Gasteiger partial charge in [0.2, 0.25) is 5.82 Å². The van der Waals surface area contributed by atoms with Crippen LogP contribution in [0.1, 0.15) is 36.8 Å². The Balaban J connectivity index is 1.70. The van der Waals surface area contributed by atoms with Crippen LogP contribution in [-0.2, 0) is 13.1 Å². The fraction of sp³-hybridized carbons (Fsp3) is 0.346. The molecule has 4 rings (SSSR count). The Labute approximate surface area is 199 Å². The lowest BCUT2D eigenvalue weighted by atomic mass is 10.1. The van der Waals surface area contributed by atoms with E-state index in [0.29, 0.717) is 24.6 Å². The van der Waals surface area contributed by atoms with E-state index >= 15 is 0 Å². The molecule has 1 aliphatic rings. The van der Waals surface area contributed by atoms with Gasteiger partial charge in [0.05, 0.1) is 19.1 Å². The molecule has 0 aliphatic heterocycles. The Kier molecular flexibility index (Phi) is 7.47. The van der Waals surface area contributed by atoms with E-state index in [4.69, 9.17) is 9.47 Å². The Bertz CT molecular complexity index is 1050. The molecule has 0 bridgehead atoms. The average Bonchev–Trinajstić information content (AvgIpc) is 3.37. The van der Waals surface area contributed by atoms with Crippen molar-refractivity contribution >= 4 is 17.2 Å². The second-order valence-corrected chi connectivity index (χ2v) is 8.47. The van der Waals surface area contributed by atoms with E-state index in [1.165, 1.54) is 0 Å². The third kappa shape index (κ3) is 5.57. The number of ether oxygens (including phenoxy) is 2. The number of nitrogens with zero attached hydrogens (tertiary/aromatic N) is 3. The number of rotatable bonds is 10. The Morgan fingerprint density at radius 2 is 1.47 bits per heavy atom. The molecule has 0 saturated heterocycles. The number of benzene rings is 2. The number of hydrogen-bond acceptors (Lipinski definition) is 7. The summed E-state index contributed by atoms with van der Waals surface area (Å²) < 4.78 is 10.5. The maximum Gasteiger partial charge on any atom is 0.334 e. The van der Waals surface area contributed by atoms with E-state index in [0.717, 1.165) is 48.3 Å². The van der Waals surface area contributed by atoms with Gasteiger partial charge in [-0.15, -0.1) is 0 Å². The maximum absolute atomic E-state index is 12.3. The van der Waals surface area contributed by atoms with Gasteiger partial charge in [-0.05, 0) is 54.3 Å². The lowest BCUT2D eigenvalue weighted by molar-refractivity contribution is -0.383. The number of pyridine rings is 1. The lowest BCUT2D eigenvalue weighted by Gasteiger charge is -2.25. The molecule has 1 fully saturated rings. The Hall–Kier alpha value is -3.81. The smallest absolute Gasteiger partial charge is 0.334 e. The number of nitro groups is 1. The summed E-state index contributed by atoms with van der Waals surface area (Å²) in [6.45, 7) is 0.910. The summed E-state index contributed by atoms with van der Waals surface area (Å²) in [6, 6.07) is 17.4. The van der Waals surface area contributed by atoms with Gasteiger partial charge in [-0.3, -0.25) is 10.1 Å². The summed E-state index contributed by atoms with van der Waals surface area (Å²) in [4.78, 5) is 18.4. The first kappa shape index (κ1) is 23.4. The number of aromatic nitrogens is 1. The molecule has 2 aromatic carbocycles. The van der Waals surface area contributed by atoms with Crippen LogP contribution in [0.4, 0.5) is 17.2 Å². The topological polar surface area (TPSA) is 89.8 Å². The SMILES string of the molecule is COc1ccc(CN(Cc2ccc(OC)cc2)c2nccc(NC3CCCC3)c2[N+](=O)[O-])cc1. The van der Waals surface area contributed by atoms with E-state index in [2.05, 4.69) is 10.3 Å². The number of methoxy groups -OCH3 is 2. The van der Waals surface area contributed by atoms with Crippen molar-refractivity contribution in [2.75, 3.05) is 24.4 Å². The molecular formula is C26H30N4O4. The van der Waals surface area contributed by atoms with Gasteiger partial charge in [0.15, 0.2) is 0 Å². The average molecular weight is 463 g/mol. The van der Waals surface area contributed by atoms with Crippen LogP contribution in [0.2, 0.25) is 0 Å². The monoisotopic (exact) mass is 462 g/mol. The van der Waals surface area contributed by atoms with Crippen molar-refractivity contribution in [1.82, 2.24) is 4.98 Å². The van der Waals surface area contributed by atoms with Gasteiger partial charge >= 0.3 is 5.69 Å². The molecule has 0 radical (unpaired) electrons. The highest BCUT2D eigenvalue weighted by Crippen LogP contribution is 2.37. The molecule has 0 amide bonds. The molecule has 1 N–H and O–H groups in total. The van der Waals surface area contributed by atoms with Crippen LogP contribution >= 0.6 is 0 Å². The lowest BCUT2D eigenvalue weighted by Crippen LogP contribution is -2.25. The van der Waals surface area contributed by atoms with Crippen molar-refractivity contribution in [3.63, 3.8) is 0 Å².